The predicted molar refractivity (Wildman–Crippen MR) is 149 cm³/mol. The lowest BCUT2D eigenvalue weighted by Gasteiger charge is -2.28. The molecule has 3 N–H and O–H groups in total. The van der Waals surface area contributed by atoms with Crippen LogP contribution in [-0.2, 0) is 38.6 Å². The van der Waals surface area contributed by atoms with Crippen LogP contribution in [-0.4, -0.2) is 59.5 Å². The molecule has 0 aliphatic carbocycles. The highest BCUT2D eigenvalue weighted by atomic mass is 16.2. The van der Waals surface area contributed by atoms with E-state index < -0.39 is 48.0 Å². The number of Topliss-reactive ketones (excluding diaryl/α,β-unsaturated/α-hetero) is 1. The van der Waals surface area contributed by atoms with Gasteiger partial charge in [-0.05, 0) is 42.2 Å². The van der Waals surface area contributed by atoms with Crippen molar-refractivity contribution < 1.29 is 24.0 Å². The molecule has 9 nitrogen and oxygen atoms in total. The molecular formula is C31H32N4O5. The van der Waals surface area contributed by atoms with Gasteiger partial charge in [-0.15, -0.1) is 0 Å². The van der Waals surface area contributed by atoms with E-state index in [2.05, 4.69) is 16.0 Å². The van der Waals surface area contributed by atoms with Crippen LogP contribution in [0.3, 0.4) is 0 Å². The molecule has 0 radical (unpaired) electrons. The fraction of sp³-hybridized carbons (Fsp3) is 0.258. The largest absolute Gasteiger partial charge is 0.347 e. The summed E-state index contributed by atoms with van der Waals surface area (Å²) in [7, 11) is 0. The zero-order valence-electron chi connectivity index (χ0n) is 22.3. The third kappa shape index (κ3) is 7.41. The first-order valence-electron chi connectivity index (χ1n) is 13.2. The molecule has 9 heteroatoms. The van der Waals surface area contributed by atoms with Crippen molar-refractivity contribution in [1.82, 2.24) is 20.9 Å². The number of nitrogens with one attached hydrogen (secondary N) is 3. The van der Waals surface area contributed by atoms with Crippen LogP contribution in [0.1, 0.15) is 34.0 Å². The topological polar surface area (TPSA) is 125 Å². The molecule has 206 valence electrons. The Labute approximate surface area is 233 Å². The lowest BCUT2D eigenvalue weighted by Crippen LogP contribution is -2.54. The number of nitrogens with zero attached hydrogens (tertiary/aromatic N) is 1. The molecular weight excluding hydrogens is 508 g/mol. The fourth-order valence-electron chi connectivity index (χ4n) is 4.51. The first-order valence-corrected chi connectivity index (χ1v) is 13.2. The van der Waals surface area contributed by atoms with Crippen LogP contribution in [0.25, 0.3) is 0 Å². The molecule has 2 atom stereocenters. The van der Waals surface area contributed by atoms with Gasteiger partial charge in [-0.25, -0.2) is 0 Å². The van der Waals surface area contributed by atoms with Gasteiger partial charge in [0, 0.05) is 25.1 Å². The molecule has 3 aromatic rings. The summed E-state index contributed by atoms with van der Waals surface area (Å²) in [6.07, 6.45) is 0.876. The number of hydrogen-bond acceptors (Lipinski definition) is 5. The highest BCUT2D eigenvalue weighted by Gasteiger charge is 2.28. The second-order valence-electron chi connectivity index (χ2n) is 9.70. The Morgan fingerprint density at radius 1 is 0.775 bits per heavy atom. The van der Waals surface area contributed by atoms with Crippen molar-refractivity contribution in [1.29, 1.82) is 0 Å². The van der Waals surface area contributed by atoms with Crippen LogP contribution in [0.15, 0.2) is 84.9 Å². The van der Waals surface area contributed by atoms with Crippen molar-refractivity contribution in [2.24, 2.45) is 0 Å². The van der Waals surface area contributed by atoms with E-state index in [9.17, 15) is 24.0 Å². The quantitative estimate of drug-likeness (QED) is 0.338. The van der Waals surface area contributed by atoms with Crippen molar-refractivity contribution in [3.05, 3.63) is 107 Å². The van der Waals surface area contributed by atoms with E-state index in [4.69, 9.17) is 0 Å². The van der Waals surface area contributed by atoms with Gasteiger partial charge in [0.05, 0.1) is 6.54 Å². The molecule has 0 saturated heterocycles. The van der Waals surface area contributed by atoms with Gasteiger partial charge in [0.25, 0.3) is 11.8 Å². The summed E-state index contributed by atoms with van der Waals surface area (Å²) in [5.41, 5.74) is 3.39. The Morgan fingerprint density at radius 2 is 1.40 bits per heavy atom. The number of hydrogen-bond donors (Lipinski definition) is 3. The van der Waals surface area contributed by atoms with Gasteiger partial charge in [0.2, 0.25) is 17.6 Å². The number of carbonyl (C=O) groups excluding carboxylic acids is 5. The maximum atomic E-state index is 13.1. The van der Waals surface area contributed by atoms with Gasteiger partial charge < -0.3 is 20.9 Å². The zero-order chi connectivity index (χ0) is 28.5. The van der Waals surface area contributed by atoms with Crippen LogP contribution in [0.5, 0.6) is 0 Å². The number of ketones is 1. The normalized spacial score (nSPS) is 13.8. The molecule has 0 unspecified atom stereocenters. The molecule has 1 aliphatic rings. The molecule has 0 fully saturated rings. The summed E-state index contributed by atoms with van der Waals surface area (Å²) >= 11 is 0. The Hall–Kier alpha value is -4.79. The third-order valence-electron chi connectivity index (χ3n) is 6.77. The summed E-state index contributed by atoms with van der Waals surface area (Å²) in [5, 5.41) is 7.80. The summed E-state index contributed by atoms with van der Waals surface area (Å²) in [6.45, 7) is 1.77. The number of fused-ring (bicyclic) bond motifs is 1. The highest BCUT2D eigenvalue weighted by Crippen LogP contribution is 2.18. The minimum absolute atomic E-state index is 0.214. The SMILES string of the molecule is C[C@H](NC(=O)[C@H](Cc1ccccc1)NC(=O)c1ccccc1)C(=O)NCC(=O)C(=O)N1CCc2ccccc2C1. The molecule has 3 aromatic carbocycles. The molecule has 1 aliphatic heterocycles. The number of rotatable bonds is 10. The maximum absolute atomic E-state index is 13.1. The molecule has 40 heavy (non-hydrogen) atoms. The summed E-state index contributed by atoms with van der Waals surface area (Å²) in [4.78, 5) is 65.3. The number of carbonyl (C=O) groups is 5. The van der Waals surface area contributed by atoms with Crippen molar-refractivity contribution in [2.45, 2.75) is 38.4 Å². The molecule has 0 bridgehead atoms. The second-order valence-corrected chi connectivity index (χ2v) is 9.70. The van der Waals surface area contributed by atoms with Crippen LogP contribution >= 0.6 is 0 Å². The highest BCUT2D eigenvalue weighted by molar-refractivity contribution is 6.37. The second kappa shape index (κ2) is 13.3. The van der Waals surface area contributed by atoms with E-state index in [1.165, 1.54) is 11.8 Å². The fourth-order valence-corrected chi connectivity index (χ4v) is 4.51. The molecule has 0 aromatic heterocycles. The molecule has 4 amide bonds. The van der Waals surface area contributed by atoms with Crippen LogP contribution in [0.2, 0.25) is 0 Å². The Morgan fingerprint density at radius 3 is 2.10 bits per heavy atom. The molecule has 1 heterocycles. The van der Waals surface area contributed by atoms with E-state index >= 15 is 0 Å². The monoisotopic (exact) mass is 540 g/mol. The summed E-state index contributed by atoms with van der Waals surface area (Å²) < 4.78 is 0. The van der Waals surface area contributed by atoms with Gasteiger partial charge in [0.15, 0.2) is 0 Å². The van der Waals surface area contributed by atoms with Crippen LogP contribution in [0.4, 0.5) is 0 Å². The minimum Gasteiger partial charge on any atom is -0.347 e. The smallest absolute Gasteiger partial charge is 0.292 e. The van der Waals surface area contributed by atoms with Gasteiger partial charge in [-0.1, -0.05) is 72.8 Å². The minimum atomic E-state index is -1.01. The Kier molecular flexibility index (Phi) is 9.40. The average Bonchev–Trinajstić information content (AvgIpc) is 2.99. The maximum Gasteiger partial charge on any atom is 0.292 e. The standard InChI is InChI=1S/C31H32N4O5/c1-21(28(37)32-19-27(36)31(40)35-17-16-23-12-8-9-15-25(23)20-35)33-30(39)26(18-22-10-4-2-5-11-22)34-29(38)24-13-6-3-7-14-24/h2-15,21,26H,16-20H2,1H3,(H,32,37)(H,33,39)(H,34,38)/t21-,26-/m0/s1. The predicted octanol–water partition coefficient (Wildman–Crippen LogP) is 1.80. The van der Waals surface area contributed by atoms with E-state index in [0.717, 1.165) is 16.7 Å². The average molecular weight is 541 g/mol. The van der Waals surface area contributed by atoms with Gasteiger partial charge in [-0.2, -0.15) is 0 Å². The van der Waals surface area contributed by atoms with Crippen molar-refractivity contribution >= 4 is 29.4 Å². The van der Waals surface area contributed by atoms with E-state index in [1.54, 1.807) is 30.3 Å². The Balaban J connectivity index is 1.31. The molecule has 0 spiro atoms. The summed E-state index contributed by atoms with van der Waals surface area (Å²) in [6, 6.07) is 23.5. The first-order chi connectivity index (χ1) is 19.3. The molecule has 4 rings (SSSR count). The van der Waals surface area contributed by atoms with Crippen molar-refractivity contribution in [2.75, 3.05) is 13.1 Å². The van der Waals surface area contributed by atoms with Gasteiger partial charge >= 0.3 is 0 Å². The summed E-state index contributed by atoms with van der Waals surface area (Å²) in [5.74, 6) is -2.98. The van der Waals surface area contributed by atoms with Crippen LogP contribution < -0.4 is 16.0 Å². The lowest BCUT2D eigenvalue weighted by atomic mass is 10.00. The van der Waals surface area contributed by atoms with Crippen LogP contribution in [0, 0.1) is 0 Å². The molecule has 0 saturated carbocycles. The van der Waals surface area contributed by atoms with Gasteiger partial charge in [-0.3, -0.25) is 24.0 Å². The zero-order valence-corrected chi connectivity index (χ0v) is 22.3. The van der Waals surface area contributed by atoms with E-state index in [1.807, 2.05) is 54.6 Å². The van der Waals surface area contributed by atoms with Crippen molar-refractivity contribution in [3.8, 4) is 0 Å². The third-order valence-corrected chi connectivity index (χ3v) is 6.77. The van der Waals surface area contributed by atoms with E-state index in [-0.39, 0.29) is 6.42 Å². The van der Waals surface area contributed by atoms with E-state index in [0.29, 0.717) is 25.1 Å². The number of benzene rings is 3. The Bertz CT molecular complexity index is 1380. The van der Waals surface area contributed by atoms with Crippen molar-refractivity contribution in [3.63, 3.8) is 0 Å². The number of amides is 4. The first kappa shape index (κ1) is 28.2. The van der Waals surface area contributed by atoms with Gasteiger partial charge in [0.1, 0.15) is 12.1 Å². The lowest BCUT2D eigenvalue weighted by molar-refractivity contribution is -0.145.